The van der Waals surface area contributed by atoms with Gasteiger partial charge in [0.1, 0.15) is 9.88 Å². The van der Waals surface area contributed by atoms with Crippen LogP contribution in [0.5, 0.6) is 0 Å². The molecular formula is C11H16N2O3S. The maximum absolute atomic E-state index is 11.6. The van der Waals surface area contributed by atoms with E-state index in [2.05, 4.69) is 4.98 Å². The predicted octanol–water partition coefficient (Wildman–Crippen LogP) is 1.72. The van der Waals surface area contributed by atoms with Crippen LogP contribution in [0.1, 0.15) is 52.9 Å². The van der Waals surface area contributed by atoms with Crippen LogP contribution in [-0.2, 0) is 10.3 Å². The number of nitrogens with two attached hydrogens (primary N) is 1. The van der Waals surface area contributed by atoms with Crippen LogP contribution in [0.3, 0.4) is 0 Å². The number of aromatic nitrogens is 1. The number of carbonyl (C=O) groups excluding carboxylic acids is 2. The van der Waals surface area contributed by atoms with E-state index < -0.39 is 11.5 Å². The molecule has 0 saturated heterocycles. The number of thiazole rings is 1. The Morgan fingerprint density at radius 2 is 2.06 bits per heavy atom. The zero-order valence-corrected chi connectivity index (χ0v) is 11.2. The minimum Gasteiger partial charge on any atom is -0.461 e. The lowest BCUT2D eigenvalue weighted by Crippen LogP contribution is -2.28. The number of rotatable bonds is 4. The molecule has 1 heterocycles. The van der Waals surface area contributed by atoms with E-state index in [0.29, 0.717) is 9.88 Å². The van der Waals surface area contributed by atoms with Crippen molar-refractivity contribution < 1.29 is 14.3 Å². The van der Waals surface area contributed by atoms with Crippen molar-refractivity contribution in [1.29, 1.82) is 0 Å². The molecule has 0 atom stereocenters. The number of esters is 1. The lowest BCUT2D eigenvalue weighted by atomic mass is 10.1. The summed E-state index contributed by atoms with van der Waals surface area (Å²) in [5.74, 6) is -0.787. The van der Waals surface area contributed by atoms with Gasteiger partial charge in [0, 0.05) is 6.92 Å². The molecule has 0 fully saturated rings. The number of hydrogen-bond acceptors (Lipinski definition) is 6. The molecule has 1 rings (SSSR count). The summed E-state index contributed by atoms with van der Waals surface area (Å²) in [6.45, 7) is 6.87. The number of carbonyl (C=O) groups is 2. The molecule has 0 saturated carbocycles. The summed E-state index contributed by atoms with van der Waals surface area (Å²) >= 11 is 1.14. The molecule has 0 aliphatic heterocycles. The predicted molar refractivity (Wildman–Crippen MR) is 65.3 cm³/mol. The molecule has 0 spiro atoms. The van der Waals surface area contributed by atoms with Crippen molar-refractivity contribution in [3.63, 3.8) is 0 Å². The number of Topliss-reactive ketones (excluding diaryl/α,β-unsaturated/α-hetero) is 1. The molecule has 2 N–H and O–H groups in total. The molecule has 1 aromatic heterocycles. The maximum Gasteiger partial charge on any atom is 0.358 e. The normalized spacial score (nSPS) is 11.4. The Morgan fingerprint density at radius 3 is 2.47 bits per heavy atom. The van der Waals surface area contributed by atoms with Gasteiger partial charge in [0.2, 0.25) is 0 Å². The number of ketones is 1. The van der Waals surface area contributed by atoms with E-state index in [-0.39, 0.29) is 18.1 Å². The minimum absolute atomic E-state index is 0.0675. The third kappa shape index (κ3) is 3.10. The first kappa shape index (κ1) is 13.8. The molecule has 94 valence electrons. The smallest absolute Gasteiger partial charge is 0.358 e. The Bertz CT molecular complexity index is 446. The van der Waals surface area contributed by atoms with Crippen LogP contribution in [0.25, 0.3) is 0 Å². The first-order chi connectivity index (χ1) is 7.77. The average Bonchev–Trinajstić information content (AvgIpc) is 2.61. The van der Waals surface area contributed by atoms with Crippen molar-refractivity contribution >= 4 is 23.1 Å². The molecule has 1 aromatic rings. The minimum atomic E-state index is -0.681. The molecule has 0 aliphatic carbocycles. The van der Waals surface area contributed by atoms with Gasteiger partial charge in [-0.3, -0.25) is 4.79 Å². The van der Waals surface area contributed by atoms with Crippen LogP contribution in [0.2, 0.25) is 0 Å². The third-order valence-corrected chi connectivity index (χ3v) is 3.46. The van der Waals surface area contributed by atoms with Crippen LogP contribution < -0.4 is 5.73 Å². The SMILES string of the molecule is CCOC(=O)c1nc(C(C)(C)N)sc1C(C)=O. The first-order valence-corrected chi connectivity index (χ1v) is 6.07. The Hall–Kier alpha value is -1.27. The summed E-state index contributed by atoms with van der Waals surface area (Å²) in [4.78, 5) is 27.5. The van der Waals surface area contributed by atoms with Crippen molar-refractivity contribution in [1.82, 2.24) is 4.98 Å². The second-order valence-corrected chi connectivity index (χ2v) is 5.19. The van der Waals surface area contributed by atoms with E-state index in [4.69, 9.17) is 10.5 Å². The summed E-state index contributed by atoms with van der Waals surface area (Å²) in [6, 6.07) is 0. The number of nitrogens with zero attached hydrogens (tertiary/aromatic N) is 1. The average molecular weight is 256 g/mol. The van der Waals surface area contributed by atoms with Gasteiger partial charge in [-0.15, -0.1) is 11.3 Å². The Balaban J connectivity index is 3.24. The van der Waals surface area contributed by atoms with E-state index in [1.165, 1.54) is 6.92 Å². The van der Waals surface area contributed by atoms with Gasteiger partial charge >= 0.3 is 5.97 Å². The van der Waals surface area contributed by atoms with Crippen molar-refractivity contribution in [2.75, 3.05) is 6.61 Å². The maximum atomic E-state index is 11.6. The molecule has 5 nitrogen and oxygen atoms in total. The molecule has 6 heteroatoms. The van der Waals surface area contributed by atoms with Gasteiger partial charge in [-0.05, 0) is 20.8 Å². The van der Waals surface area contributed by atoms with Crippen LogP contribution in [-0.4, -0.2) is 23.3 Å². The first-order valence-electron chi connectivity index (χ1n) is 5.25. The molecule has 17 heavy (non-hydrogen) atoms. The topological polar surface area (TPSA) is 82.3 Å². The van der Waals surface area contributed by atoms with Gasteiger partial charge in [0.05, 0.1) is 12.1 Å². The summed E-state index contributed by atoms with van der Waals surface area (Å²) in [5, 5.41) is 0.547. The summed E-state index contributed by atoms with van der Waals surface area (Å²) in [5.41, 5.74) is 5.28. The monoisotopic (exact) mass is 256 g/mol. The summed E-state index contributed by atoms with van der Waals surface area (Å²) < 4.78 is 4.86. The summed E-state index contributed by atoms with van der Waals surface area (Å²) in [7, 11) is 0. The lowest BCUT2D eigenvalue weighted by molar-refractivity contribution is 0.0517. The van der Waals surface area contributed by atoms with Crippen molar-refractivity contribution in [3.05, 3.63) is 15.6 Å². The van der Waals surface area contributed by atoms with Gasteiger partial charge in [-0.1, -0.05) is 0 Å². The van der Waals surface area contributed by atoms with Gasteiger partial charge in [-0.2, -0.15) is 0 Å². The van der Waals surface area contributed by atoms with E-state index in [9.17, 15) is 9.59 Å². The van der Waals surface area contributed by atoms with Crippen LogP contribution in [0.15, 0.2) is 0 Å². The van der Waals surface area contributed by atoms with Gasteiger partial charge in [-0.25, -0.2) is 9.78 Å². The fourth-order valence-corrected chi connectivity index (χ4v) is 2.13. The van der Waals surface area contributed by atoms with Crippen molar-refractivity contribution in [2.45, 2.75) is 33.2 Å². The molecule has 0 unspecified atom stereocenters. The molecule has 0 aliphatic rings. The Kier molecular flexibility index (Phi) is 4.00. The standard InChI is InChI=1S/C11H16N2O3S/c1-5-16-9(15)7-8(6(2)14)17-10(13-7)11(3,4)12/h5,12H2,1-4H3. The van der Waals surface area contributed by atoms with E-state index in [1.54, 1.807) is 20.8 Å². The van der Waals surface area contributed by atoms with Crippen molar-refractivity contribution in [2.24, 2.45) is 5.73 Å². The highest BCUT2D eigenvalue weighted by atomic mass is 32.1. The zero-order valence-electron chi connectivity index (χ0n) is 10.4. The molecular weight excluding hydrogens is 240 g/mol. The molecule has 0 radical (unpaired) electrons. The van der Waals surface area contributed by atoms with Gasteiger partial charge in [0.15, 0.2) is 11.5 Å². The lowest BCUT2D eigenvalue weighted by Gasteiger charge is -2.13. The molecule has 0 aromatic carbocycles. The third-order valence-electron chi connectivity index (χ3n) is 1.97. The van der Waals surface area contributed by atoms with Crippen LogP contribution in [0.4, 0.5) is 0 Å². The highest BCUT2D eigenvalue weighted by Crippen LogP contribution is 2.27. The van der Waals surface area contributed by atoms with Crippen molar-refractivity contribution in [3.8, 4) is 0 Å². The van der Waals surface area contributed by atoms with Crippen LogP contribution >= 0.6 is 11.3 Å². The largest absolute Gasteiger partial charge is 0.461 e. The second-order valence-electron chi connectivity index (χ2n) is 4.20. The highest BCUT2D eigenvalue weighted by Gasteiger charge is 2.27. The zero-order chi connectivity index (χ0) is 13.2. The fraction of sp³-hybridized carbons (Fsp3) is 0.545. The number of ether oxygens (including phenoxy) is 1. The van der Waals surface area contributed by atoms with Gasteiger partial charge < -0.3 is 10.5 Å². The van der Waals surface area contributed by atoms with Gasteiger partial charge in [0.25, 0.3) is 0 Å². The quantitative estimate of drug-likeness (QED) is 0.655. The number of hydrogen-bond donors (Lipinski definition) is 1. The van der Waals surface area contributed by atoms with E-state index >= 15 is 0 Å². The van der Waals surface area contributed by atoms with Crippen LogP contribution in [0, 0.1) is 0 Å². The molecule has 0 amide bonds. The Labute approximate surface area is 104 Å². The second kappa shape index (κ2) is 4.93. The summed E-state index contributed by atoms with van der Waals surface area (Å²) in [6.07, 6.45) is 0. The fourth-order valence-electron chi connectivity index (χ4n) is 1.17. The Morgan fingerprint density at radius 1 is 1.47 bits per heavy atom. The molecule has 0 bridgehead atoms. The highest BCUT2D eigenvalue weighted by molar-refractivity contribution is 7.14. The van der Waals surface area contributed by atoms with E-state index in [0.717, 1.165) is 11.3 Å². The van der Waals surface area contributed by atoms with E-state index in [1.807, 2.05) is 0 Å².